The summed E-state index contributed by atoms with van der Waals surface area (Å²) in [5, 5.41) is 3.29. The Morgan fingerprint density at radius 1 is 0.462 bits per heavy atom. The lowest BCUT2D eigenvalue weighted by Crippen LogP contribution is -2.36. The topological polar surface area (TPSA) is 31.5 Å². The van der Waals surface area contributed by atoms with Crippen LogP contribution in [-0.2, 0) is 0 Å². The van der Waals surface area contributed by atoms with Crippen molar-refractivity contribution >= 4 is 0 Å². The average Bonchev–Trinajstić information content (AvgIpc) is 2.86. The Labute approximate surface area is 241 Å². The molecule has 0 unspecified atom stereocenters. The number of hydrogen-bond acceptors (Lipinski definition) is 7. The summed E-state index contributed by atoms with van der Waals surface area (Å²) < 4.78 is 0. The van der Waals surface area contributed by atoms with E-state index in [1.165, 1.54) is 0 Å². The molecule has 0 aliphatic heterocycles. The summed E-state index contributed by atoms with van der Waals surface area (Å²) in [6, 6.07) is 0. The van der Waals surface area contributed by atoms with Gasteiger partial charge in [-0.2, -0.15) is 0 Å². The first-order valence-electron chi connectivity index (χ1n) is 13.4. The molecule has 0 bridgehead atoms. The highest BCUT2D eigenvalue weighted by atomic mass is 15.2. The molecule has 0 aromatic carbocycles. The molecule has 220 valence electrons. The van der Waals surface area contributed by atoms with Gasteiger partial charge in [-0.15, -0.1) is 0 Å². The molecule has 0 spiro atoms. The Bertz CT molecular complexity index is 929. The van der Waals surface area contributed by atoms with Crippen molar-refractivity contribution in [1.82, 2.24) is 34.7 Å². The van der Waals surface area contributed by atoms with Crippen molar-refractivity contribution in [2.75, 3.05) is 88.1 Å². The van der Waals surface area contributed by atoms with Gasteiger partial charge < -0.3 is 34.7 Å². The molecule has 0 aromatic rings. The van der Waals surface area contributed by atoms with Gasteiger partial charge in [-0.1, -0.05) is 65.1 Å². The van der Waals surface area contributed by atoms with Crippen molar-refractivity contribution in [2.24, 2.45) is 0 Å². The van der Waals surface area contributed by atoms with Crippen LogP contribution in [-0.4, -0.2) is 117 Å². The lowest BCUT2D eigenvalue weighted by Gasteiger charge is -2.34. The zero-order chi connectivity index (χ0) is 30.4. The maximum atomic E-state index is 4.31. The summed E-state index contributed by atoms with van der Waals surface area (Å²) in [7, 11) is 12.2. The molecule has 0 saturated heterocycles. The maximum absolute atomic E-state index is 4.31. The average molecular weight is 540 g/mol. The summed E-state index contributed by atoms with van der Waals surface area (Å²) in [4.78, 5) is 12.8. The largest absolute Gasteiger partial charge is 0.384 e. The van der Waals surface area contributed by atoms with E-state index in [1.807, 2.05) is 49.2 Å². The van der Waals surface area contributed by atoms with Crippen LogP contribution in [0, 0.1) is 0 Å². The molecule has 0 fully saturated rings. The Morgan fingerprint density at radius 2 is 0.718 bits per heavy atom. The first-order chi connectivity index (χ1) is 18.0. The van der Waals surface area contributed by atoms with Crippen LogP contribution < -0.4 is 5.32 Å². The molecule has 0 aliphatic rings. The monoisotopic (exact) mass is 539 g/mol. The van der Waals surface area contributed by atoms with Gasteiger partial charge in [-0.05, 0) is 13.3 Å². The van der Waals surface area contributed by atoms with Gasteiger partial charge in [-0.3, -0.25) is 0 Å². The van der Waals surface area contributed by atoms with Crippen molar-refractivity contribution in [1.29, 1.82) is 0 Å². The first-order valence-corrected chi connectivity index (χ1v) is 13.4. The second kappa shape index (κ2) is 17.2. The van der Waals surface area contributed by atoms with E-state index in [0.717, 1.165) is 65.0 Å². The Kier molecular flexibility index (Phi) is 15.6. The Morgan fingerprint density at radius 3 is 0.974 bits per heavy atom. The molecule has 0 atom stereocenters. The molecule has 0 heterocycles. The predicted octanol–water partition coefficient (Wildman–Crippen LogP) is 4.75. The van der Waals surface area contributed by atoms with E-state index in [2.05, 4.69) is 94.3 Å². The number of rotatable bonds is 22. The van der Waals surface area contributed by atoms with E-state index in [9.17, 15) is 0 Å². The van der Waals surface area contributed by atoms with Gasteiger partial charge in [0.05, 0.1) is 39.3 Å². The summed E-state index contributed by atoms with van der Waals surface area (Å²) >= 11 is 0. The van der Waals surface area contributed by atoms with Crippen molar-refractivity contribution in [3.63, 3.8) is 0 Å². The number of likely N-dealkylation sites (N-methyl/N-ethyl adjacent to an activating group) is 6. The highest BCUT2D eigenvalue weighted by Gasteiger charge is 2.15. The third-order valence-corrected chi connectivity index (χ3v) is 6.81. The predicted molar refractivity (Wildman–Crippen MR) is 173 cm³/mol. The fraction of sp³-hybridized carbons (Fsp3) is 0.500. The van der Waals surface area contributed by atoms with Crippen LogP contribution in [0.25, 0.3) is 0 Å². The van der Waals surface area contributed by atoms with Crippen LogP contribution in [0.2, 0.25) is 0 Å². The van der Waals surface area contributed by atoms with Crippen LogP contribution >= 0.6 is 0 Å². The quantitative estimate of drug-likeness (QED) is 0.199. The van der Waals surface area contributed by atoms with Crippen molar-refractivity contribution in [3.05, 3.63) is 98.1 Å². The summed E-state index contributed by atoms with van der Waals surface area (Å²) in [5.41, 5.74) is 8.11. The van der Waals surface area contributed by atoms with E-state index in [4.69, 9.17) is 0 Å². The molecular formula is C32H57N7. The smallest absolute Gasteiger partial charge is 0.0566 e. The van der Waals surface area contributed by atoms with Gasteiger partial charge in [-0.25, -0.2) is 0 Å². The fourth-order valence-electron chi connectivity index (χ4n) is 3.53. The highest BCUT2D eigenvalue weighted by Crippen LogP contribution is 2.14. The molecule has 0 aliphatic carbocycles. The number of allylic oxidation sites excluding steroid dienone is 1. The standard InChI is InChI=1S/C32H57N7/c1-17-27(5)35(12)20-29(7)37(14)22-31(9)39(16)24-32(10)38(15)23-30(8)36(13)21-28(6)34(11)19-26(4)33-18-25(2)3/h33H,2,4-10,17-24H2,1,3,11-16H3. The van der Waals surface area contributed by atoms with E-state index < -0.39 is 0 Å². The lowest BCUT2D eigenvalue weighted by atomic mass is 10.2. The van der Waals surface area contributed by atoms with E-state index >= 15 is 0 Å². The minimum absolute atomic E-state index is 0.671. The zero-order valence-electron chi connectivity index (χ0n) is 26.5. The van der Waals surface area contributed by atoms with Crippen LogP contribution in [0.3, 0.4) is 0 Å². The molecule has 1 N–H and O–H groups in total. The molecule has 0 saturated carbocycles. The van der Waals surface area contributed by atoms with Gasteiger partial charge in [0.25, 0.3) is 0 Å². The number of nitrogens with zero attached hydrogens (tertiary/aromatic N) is 6. The molecular weight excluding hydrogens is 482 g/mol. The third-order valence-electron chi connectivity index (χ3n) is 6.81. The summed E-state index contributed by atoms with van der Waals surface area (Å²) in [6.45, 7) is 42.5. The maximum Gasteiger partial charge on any atom is 0.0566 e. The van der Waals surface area contributed by atoms with Crippen molar-refractivity contribution in [2.45, 2.75) is 20.3 Å². The Hall–Kier alpha value is -3.48. The van der Waals surface area contributed by atoms with Crippen LogP contribution in [0.1, 0.15) is 20.3 Å². The van der Waals surface area contributed by atoms with Crippen LogP contribution in [0.4, 0.5) is 0 Å². The summed E-state index contributed by atoms with van der Waals surface area (Å²) in [5.74, 6) is 0. The molecule has 7 nitrogen and oxygen atoms in total. The minimum atomic E-state index is 0.671. The fourth-order valence-corrected chi connectivity index (χ4v) is 3.53. The van der Waals surface area contributed by atoms with E-state index in [0.29, 0.717) is 32.7 Å². The van der Waals surface area contributed by atoms with E-state index in [1.54, 1.807) is 0 Å². The third kappa shape index (κ3) is 13.8. The lowest BCUT2D eigenvalue weighted by molar-refractivity contribution is 0.303. The second-order valence-corrected chi connectivity index (χ2v) is 10.8. The van der Waals surface area contributed by atoms with Gasteiger partial charge in [0, 0.05) is 88.7 Å². The SMILES string of the molecule is C=C(C)CNC(=C)CN(C)C(=C)CN(C)C(=C)CN(C)C(=C)CN(C)C(=C)CN(C)C(=C)CN(C)C(=C)CC. The van der Waals surface area contributed by atoms with Crippen molar-refractivity contribution in [3.8, 4) is 0 Å². The van der Waals surface area contributed by atoms with Gasteiger partial charge in [0.15, 0.2) is 0 Å². The van der Waals surface area contributed by atoms with E-state index in [-0.39, 0.29) is 0 Å². The van der Waals surface area contributed by atoms with Gasteiger partial charge in [0.1, 0.15) is 0 Å². The number of hydrogen-bond donors (Lipinski definition) is 1. The molecule has 0 aromatic heterocycles. The highest BCUT2D eigenvalue weighted by molar-refractivity contribution is 5.11. The summed E-state index contributed by atoms with van der Waals surface area (Å²) in [6.07, 6.45) is 0.927. The van der Waals surface area contributed by atoms with Crippen LogP contribution in [0.5, 0.6) is 0 Å². The first kappa shape index (κ1) is 35.5. The normalized spacial score (nSPS) is 10.2. The van der Waals surface area contributed by atoms with Crippen molar-refractivity contribution < 1.29 is 0 Å². The molecule has 0 amide bonds. The van der Waals surface area contributed by atoms with Crippen LogP contribution in [0.15, 0.2) is 98.1 Å². The second-order valence-electron chi connectivity index (χ2n) is 10.8. The molecule has 0 radical (unpaired) electrons. The molecule has 7 heteroatoms. The van der Waals surface area contributed by atoms with Gasteiger partial charge >= 0.3 is 0 Å². The number of nitrogens with one attached hydrogen (secondary N) is 1. The minimum Gasteiger partial charge on any atom is -0.384 e. The molecule has 39 heavy (non-hydrogen) atoms. The van der Waals surface area contributed by atoms with Gasteiger partial charge in [0.2, 0.25) is 0 Å². The molecule has 0 rings (SSSR count). The Balaban J connectivity index is 4.70. The zero-order valence-corrected chi connectivity index (χ0v) is 26.5.